The molecule has 0 bridgehead atoms. The summed E-state index contributed by atoms with van der Waals surface area (Å²) in [5, 5.41) is 9.31. The Balaban J connectivity index is 2.92. The maximum absolute atomic E-state index is 9.31. The Kier molecular flexibility index (Phi) is 3.85. The van der Waals surface area contributed by atoms with Crippen LogP contribution in [0.3, 0.4) is 0 Å². The van der Waals surface area contributed by atoms with Crippen LogP contribution in [0.2, 0.25) is 0 Å². The number of hydrogen-bond donors (Lipinski definition) is 1. The minimum absolute atomic E-state index is 0.382. The van der Waals surface area contributed by atoms with Crippen molar-refractivity contribution in [1.29, 1.82) is 0 Å². The highest BCUT2D eigenvalue weighted by Crippen LogP contribution is 2.20. The second-order valence-electron chi connectivity index (χ2n) is 3.83. The van der Waals surface area contributed by atoms with E-state index in [1.165, 1.54) is 0 Å². The molecular weight excluding hydrogens is 192 g/mol. The average Bonchev–Trinajstić information content (AvgIpc) is 2.16. The molecule has 0 fully saturated rings. The van der Waals surface area contributed by atoms with E-state index in [9.17, 15) is 5.11 Å². The summed E-state index contributed by atoms with van der Waals surface area (Å²) in [5.41, 5.74) is 0. The predicted molar refractivity (Wildman–Crippen MR) is 61.3 cm³/mol. The summed E-state index contributed by atoms with van der Waals surface area (Å²) < 4.78 is 0. The fourth-order valence-electron chi connectivity index (χ4n) is 1.39. The van der Waals surface area contributed by atoms with E-state index in [-0.39, 0.29) is 6.10 Å². The van der Waals surface area contributed by atoms with E-state index in [2.05, 4.69) is 9.97 Å². The summed E-state index contributed by atoms with van der Waals surface area (Å²) in [6.45, 7) is 2.29. The van der Waals surface area contributed by atoms with Gasteiger partial charge < -0.3 is 14.9 Å². The van der Waals surface area contributed by atoms with Gasteiger partial charge in [0.15, 0.2) is 11.6 Å². The highest BCUT2D eigenvalue weighted by Gasteiger charge is 2.12. The first-order valence-electron chi connectivity index (χ1n) is 4.90. The van der Waals surface area contributed by atoms with Crippen LogP contribution in [-0.2, 0) is 0 Å². The lowest BCUT2D eigenvalue weighted by atomic mass is 10.3. The summed E-state index contributed by atoms with van der Waals surface area (Å²) in [4.78, 5) is 12.3. The van der Waals surface area contributed by atoms with E-state index in [0.717, 1.165) is 11.6 Å². The lowest BCUT2D eigenvalue weighted by molar-refractivity contribution is 0.201. The van der Waals surface area contributed by atoms with Gasteiger partial charge in [-0.1, -0.05) is 0 Å². The molecule has 1 rings (SSSR count). The van der Waals surface area contributed by atoms with Gasteiger partial charge in [-0.05, 0) is 6.92 Å². The van der Waals surface area contributed by atoms with Crippen molar-refractivity contribution >= 4 is 11.6 Å². The molecule has 0 aliphatic heterocycles. The van der Waals surface area contributed by atoms with Gasteiger partial charge in [-0.2, -0.15) is 0 Å². The fraction of sp³-hybridized carbons (Fsp3) is 0.600. The van der Waals surface area contributed by atoms with Crippen molar-refractivity contribution in [1.82, 2.24) is 9.97 Å². The van der Waals surface area contributed by atoms with E-state index in [0.29, 0.717) is 6.54 Å². The molecule has 1 aromatic rings. The summed E-state index contributed by atoms with van der Waals surface area (Å²) >= 11 is 0. The molecule has 0 unspecified atom stereocenters. The molecule has 84 valence electrons. The fourth-order valence-corrected chi connectivity index (χ4v) is 1.39. The molecule has 0 spiro atoms. The third-order valence-electron chi connectivity index (χ3n) is 1.98. The number of rotatable bonds is 4. The summed E-state index contributed by atoms with van der Waals surface area (Å²) in [5.74, 6) is 1.59. The molecule has 0 radical (unpaired) electrons. The molecule has 5 heteroatoms. The van der Waals surface area contributed by atoms with E-state index >= 15 is 0 Å². The highest BCUT2D eigenvalue weighted by atomic mass is 16.3. The Morgan fingerprint density at radius 1 is 1.20 bits per heavy atom. The Labute approximate surface area is 90.4 Å². The SMILES string of the molecule is C[C@H](O)CN(C)c1nccnc1N(C)C. The molecule has 5 nitrogen and oxygen atoms in total. The van der Waals surface area contributed by atoms with Crippen LogP contribution in [-0.4, -0.2) is 48.9 Å². The lowest BCUT2D eigenvalue weighted by Crippen LogP contribution is -2.29. The van der Waals surface area contributed by atoms with Crippen molar-refractivity contribution in [3.63, 3.8) is 0 Å². The van der Waals surface area contributed by atoms with E-state index in [1.807, 2.05) is 30.9 Å². The van der Waals surface area contributed by atoms with Crippen LogP contribution in [0.1, 0.15) is 6.92 Å². The maximum atomic E-state index is 9.31. The number of nitrogens with zero attached hydrogens (tertiary/aromatic N) is 4. The monoisotopic (exact) mass is 210 g/mol. The van der Waals surface area contributed by atoms with Crippen molar-refractivity contribution < 1.29 is 5.11 Å². The van der Waals surface area contributed by atoms with Crippen LogP contribution < -0.4 is 9.80 Å². The van der Waals surface area contributed by atoms with Crippen molar-refractivity contribution in [2.45, 2.75) is 13.0 Å². The topological polar surface area (TPSA) is 52.5 Å². The Morgan fingerprint density at radius 3 is 2.20 bits per heavy atom. The van der Waals surface area contributed by atoms with Crippen molar-refractivity contribution in [2.24, 2.45) is 0 Å². The van der Waals surface area contributed by atoms with E-state index in [1.54, 1.807) is 19.3 Å². The molecule has 15 heavy (non-hydrogen) atoms. The molecule has 0 saturated heterocycles. The van der Waals surface area contributed by atoms with E-state index in [4.69, 9.17) is 0 Å². The minimum atomic E-state index is -0.382. The third-order valence-corrected chi connectivity index (χ3v) is 1.98. The van der Waals surface area contributed by atoms with Gasteiger partial charge in [-0.25, -0.2) is 9.97 Å². The molecular formula is C10H18N4O. The maximum Gasteiger partial charge on any atom is 0.171 e. The summed E-state index contributed by atoms with van der Waals surface area (Å²) in [6.07, 6.45) is 2.93. The first kappa shape index (κ1) is 11.7. The summed E-state index contributed by atoms with van der Waals surface area (Å²) in [6, 6.07) is 0. The van der Waals surface area contributed by atoms with Crippen LogP contribution in [0.15, 0.2) is 12.4 Å². The zero-order valence-electron chi connectivity index (χ0n) is 9.68. The molecule has 1 heterocycles. The standard InChI is InChI=1S/C10H18N4O/c1-8(15)7-14(4)10-9(13(2)3)11-5-6-12-10/h5-6,8,15H,7H2,1-4H3/t8-/m0/s1. The van der Waals surface area contributed by atoms with Gasteiger partial charge in [-0.3, -0.25) is 0 Å². The third kappa shape index (κ3) is 3.06. The Hall–Kier alpha value is -1.36. The zero-order valence-corrected chi connectivity index (χ0v) is 9.68. The number of aliphatic hydroxyl groups excluding tert-OH is 1. The first-order chi connectivity index (χ1) is 7.02. The Morgan fingerprint density at radius 2 is 1.73 bits per heavy atom. The number of aliphatic hydroxyl groups is 1. The van der Waals surface area contributed by atoms with Gasteiger partial charge in [0.25, 0.3) is 0 Å². The smallest absolute Gasteiger partial charge is 0.171 e. The second-order valence-corrected chi connectivity index (χ2v) is 3.83. The normalized spacial score (nSPS) is 12.3. The number of likely N-dealkylation sites (N-methyl/N-ethyl adjacent to an activating group) is 1. The lowest BCUT2D eigenvalue weighted by Gasteiger charge is -2.24. The number of hydrogen-bond acceptors (Lipinski definition) is 5. The van der Waals surface area contributed by atoms with Gasteiger partial charge >= 0.3 is 0 Å². The zero-order chi connectivity index (χ0) is 11.4. The first-order valence-corrected chi connectivity index (χ1v) is 4.90. The van der Waals surface area contributed by atoms with Crippen LogP contribution in [0.5, 0.6) is 0 Å². The van der Waals surface area contributed by atoms with Crippen molar-refractivity contribution in [3.05, 3.63) is 12.4 Å². The van der Waals surface area contributed by atoms with Gasteiger partial charge in [-0.15, -0.1) is 0 Å². The molecule has 0 aromatic carbocycles. The number of aromatic nitrogens is 2. The summed E-state index contributed by atoms with van der Waals surface area (Å²) in [7, 11) is 5.73. The van der Waals surface area contributed by atoms with Gasteiger partial charge in [0.05, 0.1) is 6.10 Å². The van der Waals surface area contributed by atoms with Gasteiger partial charge in [0.2, 0.25) is 0 Å². The molecule has 1 N–H and O–H groups in total. The molecule has 1 aromatic heterocycles. The van der Waals surface area contributed by atoms with Crippen molar-refractivity contribution in [2.75, 3.05) is 37.5 Å². The van der Waals surface area contributed by atoms with Crippen molar-refractivity contribution in [3.8, 4) is 0 Å². The highest BCUT2D eigenvalue weighted by molar-refractivity contribution is 5.60. The van der Waals surface area contributed by atoms with Gasteiger partial charge in [0.1, 0.15) is 0 Å². The number of anilines is 2. The van der Waals surface area contributed by atoms with Crippen LogP contribution in [0.25, 0.3) is 0 Å². The van der Waals surface area contributed by atoms with Gasteiger partial charge in [0, 0.05) is 40.1 Å². The Bertz CT molecular complexity index is 314. The van der Waals surface area contributed by atoms with Crippen LogP contribution >= 0.6 is 0 Å². The molecule has 0 saturated carbocycles. The van der Waals surface area contributed by atoms with E-state index < -0.39 is 0 Å². The quantitative estimate of drug-likeness (QED) is 0.777. The largest absolute Gasteiger partial charge is 0.392 e. The molecule has 0 amide bonds. The van der Waals surface area contributed by atoms with Crippen LogP contribution in [0, 0.1) is 0 Å². The van der Waals surface area contributed by atoms with Crippen LogP contribution in [0.4, 0.5) is 11.6 Å². The minimum Gasteiger partial charge on any atom is -0.392 e. The molecule has 1 atom stereocenters. The molecule has 0 aliphatic carbocycles. The second kappa shape index (κ2) is 4.93. The molecule has 0 aliphatic rings. The predicted octanol–water partition coefficient (Wildman–Crippen LogP) is 0.360. The average molecular weight is 210 g/mol.